The topological polar surface area (TPSA) is 77.5 Å². The van der Waals surface area contributed by atoms with E-state index in [4.69, 9.17) is 14.2 Å². The smallest absolute Gasteiger partial charge is 0.493 e. The first-order valence-corrected chi connectivity index (χ1v) is 16.7. The normalized spacial score (nSPS) is 18.1. The van der Waals surface area contributed by atoms with Crippen LogP contribution in [-0.4, -0.2) is 73.2 Å². The minimum absolute atomic E-state index is 0.0622. The highest BCUT2D eigenvalue weighted by Crippen LogP contribution is 2.40. The summed E-state index contributed by atoms with van der Waals surface area (Å²) in [5.41, 5.74) is 2.82. The number of methoxy groups -OCH3 is 1. The number of halogens is 3. The molecule has 2 atom stereocenters. The maximum Gasteiger partial charge on any atom is 0.573 e. The fourth-order valence-corrected chi connectivity index (χ4v) is 6.25. The Bertz CT molecular complexity index is 1570. The van der Waals surface area contributed by atoms with Crippen LogP contribution in [0.5, 0.6) is 11.5 Å². The third kappa shape index (κ3) is 10.4. The van der Waals surface area contributed by atoms with E-state index in [9.17, 15) is 22.8 Å². The van der Waals surface area contributed by atoms with Gasteiger partial charge in [-0.1, -0.05) is 54.6 Å². The van der Waals surface area contributed by atoms with E-state index in [0.717, 1.165) is 29.5 Å². The molecule has 0 aromatic heterocycles. The SMILES string of the molecule is COCCCOc1cc(CN(C(=O)[C@H]2CN(C(=O)OC(C)(C)C)CC[C@@H]2c2cccc(-c3ccccc3)c2)C2CC2)cc(OC(F)(F)F)c1. The molecule has 0 N–H and O–H groups in total. The van der Waals surface area contributed by atoms with Crippen molar-refractivity contribution in [2.24, 2.45) is 5.92 Å². The van der Waals surface area contributed by atoms with Crippen LogP contribution in [0, 0.1) is 5.92 Å². The van der Waals surface area contributed by atoms with E-state index in [-0.39, 0.29) is 43.3 Å². The van der Waals surface area contributed by atoms with Crippen molar-refractivity contribution in [3.05, 3.63) is 83.9 Å². The number of amides is 2. The predicted molar refractivity (Wildman–Crippen MR) is 179 cm³/mol. The fourth-order valence-electron chi connectivity index (χ4n) is 6.25. The second-order valence-corrected chi connectivity index (χ2v) is 13.7. The molecular weight excluding hydrogens is 637 g/mol. The molecule has 8 nitrogen and oxygen atoms in total. The van der Waals surface area contributed by atoms with Crippen molar-refractivity contribution in [1.29, 1.82) is 0 Å². The van der Waals surface area contributed by atoms with Crippen LogP contribution in [0.15, 0.2) is 72.8 Å². The van der Waals surface area contributed by atoms with Crippen LogP contribution < -0.4 is 9.47 Å². The van der Waals surface area contributed by atoms with Gasteiger partial charge in [0.2, 0.25) is 5.91 Å². The monoisotopic (exact) mass is 682 g/mol. The summed E-state index contributed by atoms with van der Waals surface area (Å²) in [6.07, 6.45) is -2.73. The first kappa shape index (κ1) is 36.0. The molecule has 3 aromatic carbocycles. The molecule has 1 aliphatic heterocycles. The number of alkyl halides is 3. The van der Waals surface area contributed by atoms with Gasteiger partial charge in [-0.3, -0.25) is 4.79 Å². The lowest BCUT2D eigenvalue weighted by Crippen LogP contribution is -2.51. The van der Waals surface area contributed by atoms with Crippen LogP contribution in [-0.2, 0) is 20.8 Å². The molecule has 0 unspecified atom stereocenters. The quantitative estimate of drug-likeness (QED) is 0.179. The highest BCUT2D eigenvalue weighted by Gasteiger charge is 2.43. The minimum Gasteiger partial charge on any atom is -0.493 e. The Morgan fingerprint density at radius 1 is 0.878 bits per heavy atom. The zero-order valence-corrected chi connectivity index (χ0v) is 28.5. The van der Waals surface area contributed by atoms with Crippen LogP contribution in [0.1, 0.15) is 63.5 Å². The summed E-state index contributed by atoms with van der Waals surface area (Å²) in [5, 5.41) is 0. The molecule has 1 saturated carbocycles. The van der Waals surface area contributed by atoms with Crippen molar-refractivity contribution in [2.75, 3.05) is 33.4 Å². The summed E-state index contributed by atoms with van der Waals surface area (Å²) < 4.78 is 60.6. The standard InChI is InChI=1S/C38H45F3N2O6/c1-37(2,3)49-36(45)42-17-16-33(29-13-8-12-28(22-29)27-10-6-5-7-11-27)34(25-42)35(44)43(30-14-15-30)24-26-20-31(47-19-9-18-46-4)23-32(21-26)48-38(39,40)41/h5-8,10-13,20-23,30,33-34H,9,14-19,24-25H2,1-4H3/t33-,34+/m1/s1. The second-order valence-electron chi connectivity index (χ2n) is 13.7. The maximum atomic E-state index is 14.7. The van der Waals surface area contributed by atoms with Gasteiger partial charge >= 0.3 is 12.5 Å². The average Bonchev–Trinajstić information content (AvgIpc) is 3.89. The molecule has 5 rings (SSSR count). The molecule has 3 aromatic rings. The number of rotatable bonds is 12. The first-order valence-electron chi connectivity index (χ1n) is 16.7. The molecule has 0 radical (unpaired) electrons. The third-order valence-electron chi connectivity index (χ3n) is 8.56. The Kier molecular flexibility index (Phi) is 11.4. The number of carbonyl (C=O) groups excluding carboxylic acids is 2. The van der Waals surface area contributed by atoms with Gasteiger partial charge in [-0.25, -0.2) is 4.79 Å². The Labute approximate surface area is 286 Å². The zero-order chi connectivity index (χ0) is 35.2. The molecule has 1 heterocycles. The molecule has 1 saturated heterocycles. The molecule has 0 bridgehead atoms. The Hall–Kier alpha value is -4.25. The van der Waals surface area contributed by atoms with Gasteiger partial charge in [-0.2, -0.15) is 0 Å². The Morgan fingerprint density at radius 3 is 2.27 bits per heavy atom. The summed E-state index contributed by atoms with van der Waals surface area (Å²) in [7, 11) is 1.56. The lowest BCUT2D eigenvalue weighted by Gasteiger charge is -2.40. The summed E-state index contributed by atoms with van der Waals surface area (Å²) >= 11 is 0. The van der Waals surface area contributed by atoms with E-state index >= 15 is 0 Å². The van der Waals surface area contributed by atoms with Crippen LogP contribution in [0.3, 0.4) is 0 Å². The molecule has 2 amide bonds. The fraction of sp³-hybridized carbons (Fsp3) is 0.474. The lowest BCUT2D eigenvalue weighted by molar-refractivity contribution is -0.274. The Balaban J connectivity index is 1.45. The number of carbonyl (C=O) groups is 2. The van der Waals surface area contributed by atoms with E-state index in [2.05, 4.69) is 10.8 Å². The van der Waals surface area contributed by atoms with E-state index < -0.39 is 29.7 Å². The molecule has 49 heavy (non-hydrogen) atoms. The highest BCUT2D eigenvalue weighted by molar-refractivity contribution is 5.82. The first-order chi connectivity index (χ1) is 23.3. The van der Waals surface area contributed by atoms with Crippen molar-refractivity contribution < 1.29 is 41.7 Å². The Morgan fingerprint density at radius 2 is 1.59 bits per heavy atom. The maximum absolute atomic E-state index is 14.7. The largest absolute Gasteiger partial charge is 0.573 e. The van der Waals surface area contributed by atoms with Gasteiger partial charge in [0.05, 0.1) is 12.5 Å². The van der Waals surface area contributed by atoms with Crippen molar-refractivity contribution >= 4 is 12.0 Å². The van der Waals surface area contributed by atoms with Crippen molar-refractivity contribution in [2.45, 2.75) is 76.9 Å². The molecule has 0 spiro atoms. The van der Waals surface area contributed by atoms with Crippen molar-refractivity contribution in [1.82, 2.24) is 9.80 Å². The van der Waals surface area contributed by atoms with Crippen LogP contribution in [0.4, 0.5) is 18.0 Å². The van der Waals surface area contributed by atoms with Gasteiger partial charge in [0.15, 0.2) is 0 Å². The van der Waals surface area contributed by atoms with Crippen LogP contribution in [0.2, 0.25) is 0 Å². The van der Waals surface area contributed by atoms with Gasteiger partial charge in [0.25, 0.3) is 0 Å². The number of piperidine rings is 1. The van der Waals surface area contributed by atoms with Crippen molar-refractivity contribution in [3.8, 4) is 22.6 Å². The van der Waals surface area contributed by atoms with E-state index in [1.54, 1.807) is 43.7 Å². The number of benzene rings is 3. The van der Waals surface area contributed by atoms with Gasteiger partial charge in [0, 0.05) is 51.9 Å². The van der Waals surface area contributed by atoms with Gasteiger partial charge < -0.3 is 28.7 Å². The lowest BCUT2D eigenvalue weighted by atomic mass is 9.79. The van der Waals surface area contributed by atoms with Crippen molar-refractivity contribution in [3.63, 3.8) is 0 Å². The summed E-state index contributed by atoms with van der Waals surface area (Å²) in [4.78, 5) is 31.3. The molecule has 2 aliphatic rings. The summed E-state index contributed by atoms with van der Waals surface area (Å²) in [6, 6.07) is 22.2. The molecule has 11 heteroatoms. The zero-order valence-electron chi connectivity index (χ0n) is 28.5. The summed E-state index contributed by atoms with van der Waals surface area (Å²) in [5.74, 6) is -1.17. The van der Waals surface area contributed by atoms with Gasteiger partial charge in [-0.15, -0.1) is 13.2 Å². The van der Waals surface area contributed by atoms with Crippen LogP contribution in [0.25, 0.3) is 11.1 Å². The van der Waals surface area contributed by atoms with E-state index in [0.29, 0.717) is 31.6 Å². The average molecular weight is 683 g/mol. The molecule has 264 valence electrons. The predicted octanol–water partition coefficient (Wildman–Crippen LogP) is 8.20. The second kappa shape index (κ2) is 15.5. The third-order valence-corrected chi connectivity index (χ3v) is 8.56. The number of hydrogen-bond donors (Lipinski definition) is 0. The number of hydrogen-bond acceptors (Lipinski definition) is 6. The van der Waals surface area contributed by atoms with Gasteiger partial charge in [0.1, 0.15) is 17.1 Å². The summed E-state index contributed by atoms with van der Waals surface area (Å²) in [6.45, 7) is 6.72. The van der Waals surface area contributed by atoms with E-state index in [1.165, 1.54) is 12.1 Å². The van der Waals surface area contributed by atoms with Gasteiger partial charge in [-0.05, 0) is 80.3 Å². The number of likely N-dealkylation sites (tertiary alicyclic amines) is 1. The molecule has 2 fully saturated rings. The highest BCUT2D eigenvalue weighted by atomic mass is 19.4. The number of ether oxygens (including phenoxy) is 4. The van der Waals surface area contributed by atoms with E-state index in [1.807, 2.05) is 48.5 Å². The minimum atomic E-state index is -4.90. The molecule has 1 aliphatic carbocycles. The van der Waals surface area contributed by atoms with Crippen LogP contribution >= 0.6 is 0 Å². The molecular formula is C38H45F3N2O6. The number of nitrogens with zero attached hydrogens (tertiary/aromatic N) is 2.